The zero-order valence-electron chi connectivity index (χ0n) is 13.1. The van der Waals surface area contributed by atoms with Gasteiger partial charge in [-0.25, -0.2) is 0 Å². The van der Waals surface area contributed by atoms with Crippen molar-refractivity contribution in [3.63, 3.8) is 0 Å². The van der Waals surface area contributed by atoms with Crippen molar-refractivity contribution in [2.75, 3.05) is 26.2 Å². The maximum Gasteiger partial charge on any atom is 0.276 e. The topological polar surface area (TPSA) is 49.6 Å². The molecule has 0 aliphatic carbocycles. The first-order chi connectivity index (χ1) is 11.3. The van der Waals surface area contributed by atoms with Gasteiger partial charge in [0, 0.05) is 25.2 Å². The lowest BCUT2D eigenvalue weighted by Gasteiger charge is -2.36. The molecule has 0 N–H and O–H groups in total. The molecule has 0 radical (unpaired) electrons. The Kier molecular flexibility index (Phi) is 4.18. The van der Waals surface area contributed by atoms with Crippen molar-refractivity contribution in [3.8, 4) is 10.6 Å². The number of hydrogen-bond donors (Lipinski definition) is 0. The summed E-state index contributed by atoms with van der Waals surface area (Å²) in [4.78, 5) is 18.1. The molecular formula is C17H21N3O2S. The highest BCUT2D eigenvalue weighted by atomic mass is 32.1. The second kappa shape index (κ2) is 6.45. The minimum atomic E-state index is -0.00331. The molecule has 0 bridgehead atoms. The minimum Gasteiger partial charge on any atom is -0.355 e. The molecule has 0 spiro atoms. The van der Waals surface area contributed by atoms with E-state index in [1.54, 1.807) is 17.4 Å². The molecule has 122 valence electrons. The number of thiophene rings is 1. The van der Waals surface area contributed by atoms with E-state index >= 15 is 0 Å². The van der Waals surface area contributed by atoms with Crippen LogP contribution in [-0.2, 0) is 0 Å². The first-order valence-corrected chi connectivity index (χ1v) is 9.23. The fourth-order valence-electron chi connectivity index (χ4n) is 3.61. The zero-order valence-corrected chi connectivity index (χ0v) is 13.9. The second-order valence-corrected chi connectivity index (χ2v) is 7.27. The van der Waals surface area contributed by atoms with Gasteiger partial charge in [-0.2, -0.15) is 0 Å². The van der Waals surface area contributed by atoms with Gasteiger partial charge in [-0.1, -0.05) is 11.2 Å². The van der Waals surface area contributed by atoms with E-state index in [1.807, 2.05) is 22.4 Å². The van der Waals surface area contributed by atoms with Crippen LogP contribution < -0.4 is 0 Å². The largest absolute Gasteiger partial charge is 0.355 e. The van der Waals surface area contributed by atoms with Gasteiger partial charge in [-0.05, 0) is 50.2 Å². The van der Waals surface area contributed by atoms with E-state index < -0.39 is 0 Å². The number of amides is 1. The van der Waals surface area contributed by atoms with Gasteiger partial charge in [0.15, 0.2) is 11.5 Å². The smallest absolute Gasteiger partial charge is 0.276 e. The number of carbonyl (C=O) groups excluding carboxylic acids is 1. The lowest BCUT2D eigenvalue weighted by atomic mass is 10.0. The number of carbonyl (C=O) groups is 1. The number of likely N-dealkylation sites (tertiary alicyclic amines) is 2. The van der Waals surface area contributed by atoms with E-state index in [2.05, 4.69) is 10.1 Å². The average molecular weight is 331 g/mol. The normalized spacial score (nSPS) is 20.3. The van der Waals surface area contributed by atoms with Gasteiger partial charge in [0.1, 0.15) is 0 Å². The molecule has 23 heavy (non-hydrogen) atoms. The van der Waals surface area contributed by atoms with Gasteiger partial charge in [-0.3, -0.25) is 4.79 Å². The van der Waals surface area contributed by atoms with Crippen molar-refractivity contribution < 1.29 is 9.32 Å². The van der Waals surface area contributed by atoms with E-state index in [4.69, 9.17) is 4.52 Å². The Morgan fingerprint density at radius 2 is 2.00 bits per heavy atom. The molecule has 0 saturated carbocycles. The summed E-state index contributed by atoms with van der Waals surface area (Å²) in [5.41, 5.74) is 0.424. The highest BCUT2D eigenvalue weighted by Gasteiger charge is 2.29. The molecule has 2 saturated heterocycles. The molecule has 2 fully saturated rings. The molecular weight excluding hydrogens is 310 g/mol. The summed E-state index contributed by atoms with van der Waals surface area (Å²) < 4.78 is 5.33. The van der Waals surface area contributed by atoms with Crippen molar-refractivity contribution in [1.82, 2.24) is 15.0 Å². The molecule has 5 nitrogen and oxygen atoms in total. The van der Waals surface area contributed by atoms with Crippen LogP contribution in [0.3, 0.4) is 0 Å². The predicted octanol–water partition coefficient (Wildman–Crippen LogP) is 3.10. The lowest BCUT2D eigenvalue weighted by molar-refractivity contribution is 0.0634. The highest BCUT2D eigenvalue weighted by molar-refractivity contribution is 7.13. The van der Waals surface area contributed by atoms with Crippen molar-refractivity contribution in [2.45, 2.75) is 31.7 Å². The van der Waals surface area contributed by atoms with E-state index in [1.165, 1.54) is 25.9 Å². The molecule has 6 heteroatoms. The molecule has 1 amide bonds. The van der Waals surface area contributed by atoms with Crippen LogP contribution in [0.15, 0.2) is 28.1 Å². The van der Waals surface area contributed by atoms with Crippen LogP contribution in [0.4, 0.5) is 0 Å². The SMILES string of the molecule is O=C(c1cc(-c2cccs2)on1)N1CCC(N2CCCC2)CC1. The standard InChI is InChI=1S/C17H21N3O2S/c21-17(14-12-15(22-18-14)16-4-3-11-23-16)20-9-5-13(6-10-20)19-7-1-2-8-19/h3-4,11-13H,1-2,5-10H2. The van der Waals surface area contributed by atoms with Crippen molar-refractivity contribution >= 4 is 17.2 Å². The number of aromatic nitrogens is 1. The van der Waals surface area contributed by atoms with E-state index in [0.29, 0.717) is 17.5 Å². The van der Waals surface area contributed by atoms with Crippen LogP contribution in [0, 0.1) is 0 Å². The van der Waals surface area contributed by atoms with Gasteiger partial charge in [0.2, 0.25) is 0 Å². The first kappa shape index (κ1) is 14.9. The molecule has 2 aliphatic heterocycles. The number of hydrogen-bond acceptors (Lipinski definition) is 5. The molecule has 4 rings (SSSR count). The third-order valence-corrected chi connectivity index (χ3v) is 5.79. The summed E-state index contributed by atoms with van der Waals surface area (Å²) in [6.07, 6.45) is 4.79. The predicted molar refractivity (Wildman–Crippen MR) is 89.5 cm³/mol. The summed E-state index contributed by atoms with van der Waals surface area (Å²) in [5.74, 6) is 0.673. The van der Waals surface area contributed by atoms with Gasteiger partial charge in [-0.15, -0.1) is 11.3 Å². The first-order valence-electron chi connectivity index (χ1n) is 8.35. The maximum atomic E-state index is 12.6. The summed E-state index contributed by atoms with van der Waals surface area (Å²) in [6.45, 7) is 4.10. The van der Waals surface area contributed by atoms with Gasteiger partial charge >= 0.3 is 0 Å². The van der Waals surface area contributed by atoms with E-state index in [0.717, 1.165) is 30.8 Å². The van der Waals surface area contributed by atoms with Crippen molar-refractivity contribution in [2.24, 2.45) is 0 Å². The van der Waals surface area contributed by atoms with Crippen molar-refractivity contribution in [1.29, 1.82) is 0 Å². The number of nitrogens with zero attached hydrogens (tertiary/aromatic N) is 3. The Bertz CT molecular complexity index is 653. The lowest BCUT2D eigenvalue weighted by Crippen LogP contribution is -2.46. The Morgan fingerprint density at radius 1 is 1.22 bits per heavy atom. The molecule has 0 aromatic carbocycles. The number of rotatable bonds is 3. The fraction of sp³-hybridized carbons (Fsp3) is 0.529. The van der Waals surface area contributed by atoms with Crippen LogP contribution in [0.2, 0.25) is 0 Å². The van der Waals surface area contributed by atoms with Crippen LogP contribution >= 0.6 is 11.3 Å². The third-order valence-electron chi connectivity index (χ3n) is 4.90. The summed E-state index contributed by atoms with van der Waals surface area (Å²) >= 11 is 1.59. The van der Waals surface area contributed by atoms with Crippen LogP contribution in [0.1, 0.15) is 36.2 Å². The average Bonchev–Trinajstić information content (AvgIpc) is 3.36. The van der Waals surface area contributed by atoms with Crippen LogP contribution in [0.5, 0.6) is 0 Å². The van der Waals surface area contributed by atoms with Crippen molar-refractivity contribution in [3.05, 3.63) is 29.3 Å². The third kappa shape index (κ3) is 3.05. The summed E-state index contributed by atoms with van der Waals surface area (Å²) in [7, 11) is 0. The van der Waals surface area contributed by atoms with Gasteiger partial charge in [0.25, 0.3) is 5.91 Å². The second-order valence-electron chi connectivity index (χ2n) is 6.32. The Morgan fingerprint density at radius 3 is 2.70 bits per heavy atom. The maximum absolute atomic E-state index is 12.6. The minimum absolute atomic E-state index is 0.00331. The fourth-order valence-corrected chi connectivity index (χ4v) is 4.29. The molecule has 4 heterocycles. The summed E-state index contributed by atoms with van der Waals surface area (Å²) in [5, 5.41) is 5.96. The Balaban J connectivity index is 1.38. The Labute approximate surface area is 139 Å². The quantitative estimate of drug-likeness (QED) is 0.867. The Hall–Kier alpha value is -1.66. The molecule has 2 aromatic heterocycles. The van der Waals surface area contributed by atoms with E-state index in [9.17, 15) is 4.79 Å². The highest BCUT2D eigenvalue weighted by Crippen LogP contribution is 2.26. The monoisotopic (exact) mass is 331 g/mol. The molecule has 0 unspecified atom stereocenters. The number of piperidine rings is 1. The molecule has 2 aliphatic rings. The molecule has 0 atom stereocenters. The van der Waals surface area contributed by atoms with Crippen LogP contribution in [-0.4, -0.2) is 53.1 Å². The zero-order chi connectivity index (χ0) is 15.6. The molecule has 2 aromatic rings. The van der Waals surface area contributed by atoms with Gasteiger partial charge in [0.05, 0.1) is 4.88 Å². The summed E-state index contributed by atoms with van der Waals surface area (Å²) in [6, 6.07) is 6.36. The van der Waals surface area contributed by atoms with Gasteiger partial charge < -0.3 is 14.3 Å². The van der Waals surface area contributed by atoms with Crippen LogP contribution in [0.25, 0.3) is 10.6 Å². The van der Waals surface area contributed by atoms with E-state index in [-0.39, 0.29) is 5.91 Å².